The number of aryl methyl sites for hydroxylation is 2. The fraction of sp³-hybridized carbons (Fsp3) is 0.208. The van der Waals surface area contributed by atoms with Gasteiger partial charge in [-0.25, -0.2) is 8.42 Å². The Morgan fingerprint density at radius 3 is 2.33 bits per heavy atom. The molecule has 9 heteroatoms. The number of carbonyl (C=O) groups is 1. The molecular weight excluding hydrogens is 483 g/mol. The highest BCUT2D eigenvalue weighted by atomic mass is 35.5. The van der Waals surface area contributed by atoms with Crippen molar-refractivity contribution < 1.29 is 17.9 Å². The lowest BCUT2D eigenvalue weighted by atomic mass is 10.1. The number of sulfonamides is 1. The van der Waals surface area contributed by atoms with E-state index < -0.39 is 16.1 Å². The maximum absolute atomic E-state index is 12.7. The molecule has 0 aliphatic heterocycles. The normalized spacial score (nSPS) is 12.2. The minimum absolute atomic E-state index is 0.00923. The van der Waals surface area contributed by atoms with Gasteiger partial charge in [-0.05, 0) is 79.9 Å². The standard InChI is InChI=1S/C24H24Cl2N2O4S/c1-4-22(32-18-11-8-15(2)16(3)14-18)24(29)27-17-9-12-19(13-10-17)33(30,31)28-21-7-5-6-20(25)23(21)26/h5-14,22,28H,4H2,1-3H3,(H,27,29)/t22-/m1/s1. The minimum atomic E-state index is -3.90. The van der Waals surface area contributed by atoms with E-state index in [4.69, 9.17) is 27.9 Å². The molecule has 0 aliphatic rings. The van der Waals surface area contributed by atoms with Crippen molar-refractivity contribution in [3.05, 3.63) is 81.8 Å². The summed E-state index contributed by atoms with van der Waals surface area (Å²) in [4.78, 5) is 12.7. The average Bonchev–Trinajstić information content (AvgIpc) is 2.78. The number of nitrogens with one attached hydrogen (secondary N) is 2. The van der Waals surface area contributed by atoms with E-state index in [1.165, 1.54) is 30.3 Å². The Balaban J connectivity index is 1.69. The molecule has 3 rings (SSSR count). The van der Waals surface area contributed by atoms with E-state index >= 15 is 0 Å². The van der Waals surface area contributed by atoms with Gasteiger partial charge in [0.1, 0.15) is 5.75 Å². The van der Waals surface area contributed by atoms with Crippen molar-refractivity contribution >= 4 is 50.5 Å². The van der Waals surface area contributed by atoms with Crippen LogP contribution in [0.15, 0.2) is 65.6 Å². The van der Waals surface area contributed by atoms with Crippen LogP contribution in [0, 0.1) is 13.8 Å². The van der Waals surface area contributed by atoms with Gasteiger partial charge in [-0.2, -0.15) is 0 Å². The summed E-state index contributed by atoms with van der Waals surface area (Å²) in [6, 6.07) is 16.1. The lowest BCUT2D eigenvalue weighted by Crippen LogP contribution is -2.32. The van der Waals surface area contributed by atoms with E-state index in [1.807, 2.05) is 39.0 Å². The summed E-state index contributed by atoms with van der Waals surface area (Å²) >= 11 is 12.0. The second-order valence-corrected chi connectivity index (χ2v) is 9.95. The predicted molar refractivity (Wildman–Crippen MR) is 133 cm³/mol. The monoisotopic (exact) mass is 506 g/mol. The van der Waals surface area contributed by atoms with Crippen molar-refractivity contribution in [2.75, 3.05) is 10.0 Å². The van der Waals surface area contributed by atoms with Gasteiger partial charge in [-0.3, -0.25) is 9.52 Å². The molecule has 33 heavy (non-hydrogen) atoms. The highest BCUT2D eigenvalue weighted by molar-refractivity contribution is 7.92. The molecule has 0 bridgehead atoms. The van der Waals surface area contributed by atoms with Gasteiger partial charge in [-0.1, -0.05) is 42.3 Å². The van der Waals surface area contributed by atoms with Crippen LogP contribution in [0.5, 0.6) is 5.75 Å². The maximum atomic E-state index is 12.7. The third-order valence-electron chi connectivity index (χ3n) is 5.05. The molecule has 6 nitrogen and oxygen atoms in total. The van der Waals surface area contributed by atoms with Gasteiger partial charge in [0.05, 0.1) is 20.6 Å². The molecule has 0 saturated heterocycles. The lowest BCUT2D eigenvalue weighted by molar-refractivity contribution is -0.122. The Bertz CT molecular complexity index is 1260. The number of hydrogen-bond acceptors (Lipinski definition) is 4. The number of anilines is 2. The number of hydrogen-bond donors (Lipinski definition) is 2. The van der Waals surface area contributed by atoms with Gasteiger partial charge in [0.25, 0.3) is 15.9 Å². The predicted octanol–water partition coefficient (Wildman–Crippen LogP) is 6.21. The topological polar surface area (TPSA) is 84.5 Å². The molecule has 0 radical (unpaired) electrons. The summed E-state index contributed by atoms with van der Waals surface area (Å²) < 4.78 is 33.6. The molecule has 1 amide bonds. The molecule has 0 fully saturated rings. The maximum Gasteiger partial charge on any atom is 0.265 e. The summed E-state index contributed by atoms with van der Waals surface area (Å²) in [7, 11) is -3.90. The first-order chi connectivity index (χ1) is 15.6. The molecular formula is C24H24Cl2N2O4S. The Morgan fingerprint density at radius 1 is 1.00 bits per heavy atom. The van der Waals surface area contributed by atoms with Crippen molar-refractivity contribution in [2.45, 2.75) is 38.2 Å². The van der Waals surface area contributed by atoms with E-state index in [-0.39, 0.29) is 26.5 Å². The van der Waals surface area contributed by atoms with E-state index in [1.54, 1.807) is 12.1 Å². The van der Waals surface area contributed by atoms with Crippen LogP contribution < -0.4 is 14.8 Å². The van der Waals surface area contributed by atoms with E-state index in [0.29, 0.717) is 17.9 Å². The van der Waals surface area contributed by atoms with Gasteiger partial charge in [0.2, 0.25) is 0 Å². The number of halogens is 2. The van der Waals surface area contributed by atoms with E-state index in [9.17, 15) is 13.2 Å². The molecule has 0 spiro atoms. The van der Waals surface area contributed by atoms with Gasteiger partial charge in [0.15, 0.2) is 6.10 Å². The van der Waals surface area contributed by atoms with Crippen molar-refractivity contribution in [1.82, 2.24) is 0 Å². The molecule has 0 aliphatic carbocycles. The van der Waals surface area contributed by atoms with Crippen molar-refractivity contribution in [3.8, 4) is 5.75 Å². The van der Waals surface area contributed by atoms with Crippen molar-refractivity contribution in [2.24, 2.45) is 0 Å². The quantitative estimate of drug-likeness (QED) is 0.380. The highest BCUT2D eigenvalue weighted by Gasteiger charge is 2.20. The summed E-state index contributed by atoms with van der Waals surface area (Å²) in [6.07, 6.45) is -0.225. The van der Waals surface area contributed by atoms with Crippen molar-refractivity contribution in [1.29, 1.82) is 0 Å². The van der Waals surface area contributed by atoms with Crippen LogP contribution in [0.3, 0.4) is 0 Å². The number of rotatable bonds is 8. The third kappa shape index (κ3) is 6.19. The molecule has 174 valence electrons. The summed E-state index contributed by atoms with van der Waals surface area (Å²) in [5, 5.41) is 3.12. The first-order valence-electron chi connectivity index (χ1n) is 10.2. The molecule has 0 aromatic heterocycles. The fourth-order valence-electron chi connectivity index (χ4n) is 3.00. The first-order valence-corrected chi connectivity index (χ1v) is 12.5. The first kappa shape index (κ1) is 24.9. The number of amides is 1. The Morgan fingerprint density at radius 2 is 1.70 bits per heavy atom. The average molecular weight is 507 g/mol. The second kappa shape index (κ2) is 10.5. The van der Waals surface area contributed by atoms with Crippen LogP contribution in [-0.4, -0.2) is 20.4 Å². The molecule has 0 unspecified atom stereocenters. The summed E-state index contributed by atoms with van der Waals surface area (Å²) in [5.74, 6) is 0.294. The number of benzene rings is 3. The molecule has 2 N–H and O–H groups in total. The van der Waals surface area contributed by atoms with Gasteiger partial charge in [-0.15, -0.1) is 0 Å². The van der Waals surface area contributed by atoms with Gasteiger partial charge >= 0.3 is 0 Å². The van der Waals surface area contributed by atoms with Gasteiger partial charge < -0.3 is 10.1 Å². The Labute approximate surface area is 203 Å². The van der Waals surface area contributed by atoms with Crippen LogP contribution in [-0.2, 0) is 14.8 Å². The fourth-order valence-corrected chi connectivity index (χ4v) is 4.48. The zero-order valence-electron chi connectivity index (χ0n) is 18.4. The largest absolute Gasteiger partial charge is 0.481 e. The Kier molecular flexibility index (Phi) is 7.89. The third-order valence-corrected chi connectivity index (χ3v) is 7.25. The van der Waals surface area contributed by atoms with Crippen LogP contribution in [0.2, 0.25) is 10.0 Å². The van der Waals surface area contributed by atoms with Gasteiger partial charge in [0, 0.05) is 5.69 Å². The van der Waals surface area contributed by atoms with Crippen molar-refractivity contribution in [3.63, 3.8) is 0 Å². The molecule has 1 atom stereocenters. The molecule has 0 saturated carbocycles. The van der Waals surface area contributed by atoms with Crippen LogP contribution in [0.1, 0.15) is 24.5 Å². The van der Waals surface area contributed by atoms with E-state index in [2.05, 4.69) is 10.0 Å². The lowest BCUT2D eigenvalue weighted by Gasteiger charge is -2.18. The zero-order chi connectivity index (χ0) is 24.2. The second-order valence-electron chi connectivity index (χ2n) is 7.48. The molecule has 0 heterocycles. The minimum Gasteiger partial charge on any atom is -0.481 e. The Hall–Kier alpha value is -2.74. The van der Waals surface area contributed by atoms with Crippen LogP contribution in [0.25, 0.3) is 0 Å². The summed E-state index contributed by atoms with van der Waals surface area (Å²) in [6.45, 7) is 5.84. The summed E-state index contributed by atoms with van der Waals surface area (Å²) in [5.41, 5.74) is 2.84. The SMILES string of the molecule is CC[C@@H](Oc1ccc(C)c(C)c1)C(=O)Nc1ccc(S(=O)(=O)Nc2cccc(Cl)c2Cl)cc1. The smallest absolute Gasteiger partial charge is 0.265 e. The molecule has 3 aromatic carbocycles. The number of carbonyl (C=O) groups excluding carboxylic acids is 1. The van der Waals surface area contributed by atoms with Crippen LogP contribution >= 0.6 is 23.2 Å². The zero-order valence-corrected chi connectivity index (χ0v) is 20.7. The number of ether oxygens (including phenoxy) is 1. The molecule has 3 aromatic rings. The highest BCUT2D eigenvalue weighted by Crippen LogP contribution is 2.31. The van der Waals surface area contributed by atoms with E-state index in [0.717, 1.165) is 11.1 Å². The van der Waals surface area contributed by atoms with Crippen LogP contribution in [0.4, 0.5) is 11.4 Å².